The number of nitrogens with one attached hydrogen (secondary N) is 1. The summed E-state index contributed by atoms with van der Waals surface area (Å²) in [6, 6.07) is 3.31. The van der Waals surface area contributed by atoms with Gasteiger partial charge in [-0.25, -0.2) is 0 Å². The average molecular weight is 285 g/mol. The first kappa shape index (κ1) is 15.7. The van der Waals surface area contributed by atoms with Crippen molar-refractivity contribution in [2.24, 2.45) is 0 Å². The number of hydrogen-bond acceptors (Lipinski definition) is 5. The van der Waals surface area contributed by atoms with E-state index in [1.165, 1.54) is 12.1 Å². The number of hydrogen-bond donors (Lipinski definition) is 4. The molecular weight excluding hydrogens is 266 g/mol. The molecule has 0 aromatic heterocycles. The van der Waals surface area contributed by atoms with Crippen LogP contribution in [0.4, 0.5) is 0 Å². The lowest BCUT2D eigenvalue weighted by atomic mass is 10.1. The van der Waals surface area contributed by atoms with Gasteiger partial charge >= 0.3 is 5.97 Å². The summed E-state index contributed by atoms with van der Waals surface area (Å²) in [5.41, 5.74) is 0.563. The number of rotatable bonds is 7. The second-order valence-electron chi connectivity index (χ2n) is 4.30. The van der Waals surface area contributed by atoms with Crippen molar-refractivity contribution in [1.29, 1.82) is 0 Å². The fraction of sp³-hybridized carbons (Fsp3) is 0.462. The highest BCUT2D eigenvalue weighted by atomic mass is 32.2. The van der Waals surface area contributed by atoms with Crippen LogP contribution in [0.5, 0.6) is 11.5 Å². The number of aromatic hydroxyl groups is 2. The molecule has 2 atom stereocenters. The van der Waals surface area contributed by atoms with Crippen LogP contribution in [0.15, 0.2) is 18.2 Å². The third kappa shape index (κ3) is 4.65. The van der Waals surface area contributed by atoms with Crippen LogP contribution in [0.3, 0.4) is 0 Å². The zero-order valence-corrected chi connectivity index (χ0v) is 11.8. The molecule has 0 aliphatic rings. The second kappa shape index (κ2) is 7.25. The minimum atomic E-state index is -0.904. The molecule has 0 spiro atoms. The summed E-state index contributed by atoms with van der Waals surface area (Å²) >= 11 is 1.59. The minimum absolute atomic E-state index is 0.0226. The number of carboxylic acids is 1. The number of phenols is 2. The van der Waals surface area contributed by atoms with Crippen LogP contribution in [-0.2, 0) is 4.79 Å². The molecule has 106 valence electrons. The van der Waals surface area contributed by atoms with E-state index >= 15 is 0 Å². The summed E-state index contributed by atoms with van der Waals surface area (Å²) < 4.78 is 0. The highest BCUT2D eigenvalue weighted by molar-refractivity contribution is 7.98. The lowest BCUT2D eigenvalue weighted by Gasteiger charge is -2.21. The van der Waals surface area contributed by atoms with Crippen LogP contribution in [-0.4, -0.2) is 39.3 Å². The molecule has 1 rings (SSSR count). The van der Waals surface area contributed by atoms with Crippen molar-refractivity contribution in [2.75, 3.05) is 12.0 Å². The number of aliphatic carboxylic acids is 1. The topological polar surface area (TPSA) is 89.8 Å². The van der Waals surface area contributed by atoms with E-state index in [4.69, 9.17) is 5.11 Å². The maximum atomic E-state index is 11.1. The van der Waals surface area contributed by atoms with Gasteiger partial charge in [0.25, 0.3) is 0 Å². The molecule has 19 heavy (non-hydrogen) atoms. The summed E-state index contributed by atoms with van der Waals surface area (Å²) in [6.07, 6.45) is 2.44. The standard InChI is InChI=1S/C13H19NO4S/c1-8(10-4-3-9(15)7-12(10)16)14-11(13(17)18)5-6-19-2/h3-4,7-8,11,14-16H,5-6H2,1-2H3,(H,17,18). The monoisotopic (exact) mass is 285 g/mol. The van der Waals surface area contributed by atoms with Crippen molar-refractivity contribution in [2.45, 2.75) is 25.4 Å². The van der Waals surface area contributed by atoms with Gasteiger partial charge < -0.3 is 15.3 Å². The summed E-state index contributed by atoms with van der Waals surface area (Å²) in [5, 5.41) is 31.1. The lowest BCUT2D eigenvalue weighted by molar-refractivity contribution is -0.139. The van der Waals surface area contributed by atoms with Gasteiger partial charge in [-0.1, -0.05) is 6.07 Å². The molecule has 5 nitrogen and oxygen atoms in total. The van der Waals surface area contributed by atoms with Crippen LogP contribution in [0.2, 0.25) is 0 Å². The molecule has 1 aromatic rings. The largest absolute Gasteiger partial charge is 0.508 e. The minimum Gasteiger partial charge on any atom is -0.508 e. The molecule has 0 aliphatic heterocycles. The molecule has 0 aliphatic carbocycles. The van der Waals surface area contributed by atoms with Crippen molar-refractivity contribution in [3.63, 3.8) is 0 Å². The van der Waals surface area contributed by atoms with Gasteiger partial charge in [-0.2, -0.15) is 11.8 Å². The number of benzene rings is 1. The molecule has 4 N–H and O–H groups in total. The predicted molar refractivity (Wildman–Crippen MR) is 75.7 cm³/mol. The van der Waals surface area contributed by atoms with E-state index in [9.17, 15) is 15.0 Å². The quantitative estimate of drug-likeness (QED) is 0.612. The molecular formula is C13H19NO4S. The maximum absolute atomic E-state index is 11.1. The Hall–Kier alpha value is -1.40. The first-order chi connectivity index (χ1) is 8.95. The highest BCUT2D eigenvalue weighted by Gasteiger charge is 2.21. The van der Waals surface area contributed by atoms with E-state index in [2.05, 4.69) is 5.32 Å². The van der Waals surface area contributed by atoms with E-state index in [1.54, 1.807) is 24.8 Å². The number of carboxylic acid groups (broad SMARTS) is 1. The van der Waals surface area contributed by atoms with Crippen LogP contribution in [0.25, 0.3) is 0 Å². The molecule has 1 aromatic carbocycles. The Morgan fingerprint density at radius 1 is 1.42 bits per heavy atom. The van der Waals surface area contributed by atoms with E-state index in [-0.39, 0.29) is 17.5 Å². The lowest BCUT2D eigenvalue weighted by Crippen LogP contribution is -2.38. The van der Waals surface area contributed by atoms with Crippen molar-refractivity contribution in [3.05, 3.63) is 23.8 Å². The van der Waals surface area contributed by atoms with Gasteiger partial charge in [0.1, 0.15) is 17.5 Å². The molecule has 0 bridgehead atoms. The van der Waals surface area contributed by atoms with Crippen LogP contribution >= 0.6 is 11.8 Å². The van der Waals surface area contributed by atoms with Crippen molar-refractivity contribution in [1.82, 2.24) is 5.32 Å². The van der Waals surface area contributed by atoms with Crippen molar-refractivity contribution in [3.8, 4) is 11.5 Å². The van der Waals surface area contributed by atoms with E-state index in [0.29, 0.717) is 12.0 Å². The second-order valence-corrected chi connectivity index (χ2v) is 5.29. The summed E-state index contributed by atoms with van der Waals surface area (Å²) in [5.74, 6) is -0.225. The van der Waals surface area contributed by atoms with Gasteiger partial charge in [0.2, 0.25) is 0 Å². The number of thioether (sulfide) groups is 1. The maximum Gasteiger partial charge on any atom is 0.320 e. The van der Waals surface area contributed by atoms with Gasteiger partial charge in [0, 0.05) is 17.7 Å². The number of phenolic OH excluding ortho intramolecular Hbond substituents is 2. The highest BCUT2D eigenvalue weighted by Crippen LogP contribution is 2.28. The van der Waals surface area contributed by atoms with Crippen LogP contribution < -0.4 is 5.32 Å². The molecule has 0 heterocycles. The van der Waals surface area contributed by atoms with Crippen LogP contribution in [0, 0.1) is 0 Å². The van der Waals surface area contributed by atoms with Gasteiger partial charge in [-0.3, -0.25) is 10.1 Å². The third-order valence-corrected chi connectivity index (χ3v) is 3.48. The Balaban J connectivity index is 2.75. The molecule has 2 unspecified atom stereocenters. The SMILES string of the molecule is CSCCC(NC(C)c1ccc(O)cc1O)C(=O)O. The van der Waals surface area contributed by atoms with E-state index < -0.39 is 12.0 Å². The number of carbonyl (C=O) groups is 1. The summed E-state index contributed by atoms with van der Waals surface area (Å²) in [4.78, 5) is 11.1. The zero-order chi connectivity index (χ0) is 14.4. The predicted octanol–water partition coefficient (Wildman–Crippen LogP) is 1.95. The van der Waals surface area contributed by atoms with Gasteiger partial charge in [-0.15, -0.1) is 0 Å². The van der Waals surface area contributed by atoms with Crippen LogP contribution in [0.1, 0.15) is 24.9 Å². The third-order valence-electron chi connectivity index (χ3n) is 2.84. The van der Waals surface area contributed by atoms with Crippen molar-refractivity contribution >= 4 is 17.7 Å². The Bertz CT molecular complexity index is 439. The van der Waals surface area contributed by atoms with Gasteiger partial charge in [0.15, 0.2) is 0 Å². The summed E-state index contributed by atoms with van der Waals surface area (Å²) in [6.45, 7) is 1.78. The smallest absolute Gasteiger partial charge is 0.320 e. The first-order valence-electron chi connectivity index (χ1n) is 5.95. The Labute approximate surface area is 116 Å². The zero-order valence-electron chi connectivity index (χ0n) is 11.0. The average Bonchev–Trinajstić information content (AvgIpc) is 2.33. The first-order valence-corrected chi connectivity index (χ1v) is 7.34. The van der Waals surface area contributed by atoms with Gasteiger partial charge in [-0.05, 0) is 31.4 Å². The Kier molecular flexibility index (Phi) is 5.98. The Morgan fingerprint density at radius 2 is 2.11 bits per heavy atom. The Morgan fingerprint density at radius 3 is 2.63 bits per heavy atom. The molecule has 0 saturated heterocycles. The van der Waals surface area contributed by atoms with Gasteiger partial charge in [0.05, 0.1) is 0 Å². The fourth-order valence-corrected chi connectivity index (χ4v) is 2.27. The van der Waals surface area contributed by atoms with Crippen molar-refractivity contribution < 1.29 is 20.1 Å². The molecule has 0 amide bonds. The molecule has 6 heteroatoms. The molecule has 0 fully saturated rings. The molecule has 0 saturated carbocycles. The molecule has 0 radical (unpaired) electrons. The van der Waals surface area contributed by atoms with E-state index in [1.807, 2.05) is 6.26 Å². The fourth-order valence-electron chi connectivity index (χ4n) is 1.80. The summed E-state index contributed by atoms with van der Waals surface area (Å²) in [7, 11) is 0. The normalized spacial score (nSPS) is 14.0. The van der Waals surface area contributed by atoms with E-state index in [0.717, 1.165) is 5.75 Å².